The fraction of sp³-hybridized carbons (Fsp3) is 0.200. The van der Waals surface area contributed by atoms with Gasteiger partial charge in [-0.1, -0.05) is 0 Å². The zero-order chi connectivity index (χ0) is 11.4. The van der Waals surface area contributed by atoms with E-state index < -0.39 is 23.6 Å². The second kappa shape index (κ2) is 4.65. The molecule has 0 heterocycles. The Kier molecular flexibility index (Phi) is 3.51. The highest BCUT2D eigenvalue weighted by molar-refractivity contribution is 6.11. The third kappa shape index (κ3) is 2.60. The predicted molar refractivity (Wildman–Crippen MR) is 51.2 cm³/mol. The Morgan fingerprint density at radius 3 is 2.27 bits per heavy atom. The molecule has 0 aliphatic carbocycles. The molecule has 0 aliphatic heterocycles. The number of ketones is 1. The highest BCUT2D eigenvalue weighted by atomic mass is 19.1. The summed E-state index contributed by atoms with van der Waals surface area (Å²) in [6.45, 7) is 0. The van der Waals surface area contributed by atoms with E-state index in [0.29, 0.717) is 0 Å². The zero-order valence-corrected chi connectivity index (χ0v) is 8.03. The van der Waals surface area contributed by atoms with E-state index in [1.165, 1.54) is 19.2 Å². The van der Waals surface area contributed by atoms with E-state index in [1.807, 2.05) is 0 Å². The molecule has 4 nitrogen and oxygen atoms in total. The van der Waals surface area contributed by atoms with Gasteiger partial charge in [0.1, 0.15) is 5.82 Å². The van der Waals surface area contributed by atoms with Gasteiger partial charge in [0.15, 0.2) is 11.8 Å². The van der Waals surface area contributed by atoms with Gasteiger partial charge in [0.2, 0.25) is 0 Å². The molecule has 0 spiro atoms. The van der Waals surface area contributed by atoms with Gasteiger partial charge in [-0.05, 0) is 31.3 Å². The van der Waals surface area contributed by atoms with Gasteiger partial charge in [0.05, 0.1) is 0 Å². The van der Waals surface area contributed by atoms with Crippen LogP contribution in [0.2, 0.25) is 0 Å². The third-order valence-corrected chi connectivity index (χ3v) is 1.93. The Bertz CT molecular complexity index is 375. The van der Waals surface area contributed by atoms with Crippen LogP contribution in [0.4, 0.5) is 4.39 Å². The minimum atomic E-state index is -1.30. The minimum Gasteiger partial charge on any atom is -0.480 e. The quantitative estimate of drug-likeness (QED) is 0.567. The van der Waals surface area contributed by atoms with Crippen LogP contribution in [-0.4, -0.2) is 29.9 Å². The summed E-state index contributed by atoms with van der Waals surface area (Å²) in [5.41, 5.74) is 0.165. The lowest BCUT2D eigenvalue weighted by atomic mass is 10.0. The van der Waals surface area contributed by atoms with E-state index in [9.17, 15) is 14.0 Å². The maximum Gasteiger partial charge on any atom is 0.328 e. The third-order valence-electron chi connectivity index (χ3n) is 1.93. The first kappa shape index (κ1) is 11.3. The first-order chi connectivity index (χ1) is 7.06. The van der Waals surface area contributed by atoms with Crippen LogP contribution in [0.1, 0.15) is 10.4 Å². The van der Waals surface area contributed by atoms with Gasteiger partial charge in [-0.2, -0.15) is 0 Å². The van der Waals surface area contributed by atoms with Gasteiger partial charge in [0.25, 0.3) is 0 Å². The standard InChI is InChI=1S/C10H10FNO3/c1-12-8(10(14)15)9(13)6-2-4-7(11)5-3-6/h2-5,8,12H,1H3,(H,14,15). The molecule has 0 fully saturated rings. The molecular weight excluding hydrogens is 201 g/mol. The molecule has 2 N–H and O–H groups in total. The van der Waals surface area contributed by atoms with Crippen molar-refractivity contribution in [2.75, 3.05) is 7.05 Å². The Labute approximate surface area is 85.7 Å². The topological polar surface area (TPSA) is 66.4 Å². The summed E-state index contributed by atoms with van der Waals surface area (Å²) in [6, 6.07) is 3.44. The lowest BCUT2D eigenvalue weighted by Crippen LogP contribution is -2.41. The average Bonchev–Trinajstić information content (AvgIpc) is 2.19. The Hall–Kier alpha value is -1.75. The molecule has 1 rings (SSSR count). The molecule has 1 aromatic rings. The summed E-state index contributed by atoms with van der Waals surface area (Å²) >= 11 is 0. The number of nitrogens with one attached hydrogen (secondary N) is 1. The Morgan fingerprint density at radius 1 is 1.33 bits per heavy atom. The van der Waals surface area contributed by atoms with E-state index >= 15 is 0 Å². The van der Waals surface area contributed by atoms with Crippen molar-refractivity contribution in [2.24, 2.45) is 0 Å². The summed E-state index contributed by atoms with van der Waals surface area (Å²) in [6.07, 6.45) is 0. The average molecular weight is 211 g/mol. The molecule has 0 amide bonds. The summed E-state index contributed by atoms with van der Waals surface area (Å²) < 4.78 is 12.5. The molecule has 1 atom stereocenters. The summed E-state index contributed by atoms with van der Waals surface area (Å²) in [5, 5.41) is 11.1. The zero-order valence-electron chi connectivity index (χ0n) is 8.03. The van der Waals surface area contributed by atoms with Gasteiger partial charge in [-0.15, -0.1) is 0 Å². The molecule has 1 unspecified atom stereocenters. The highest BCUT2D eigenvalue weighted by Gasteiger charge is 2.25. The molecule has 0 saturated heterocycles. The largest absolute Gasteiger partial charge is 0.480 e. The lowest BCUT2D eigenvalue weighted by Gasteiger charge is -2.09. The van der Waals surface area contributed by atoms with Gasteiger partial charge in [-0.25, -0.2) is 4.39 Å². The summed E-state index contributed by atoms with van der Waals surface area (Å²) in [5.74, 6) is -2.32. The normalized spacial score (nSPS) is 12.1. The Balaban J connectivity index is 2.93. The van der Waals surface area contributed by atoms with Crippen LogP contribution in [-0.2, 0) is 4.79 Å². The van der Waals surface area contributed by atoms with Crippen molar-refractivity contribution >= 4 is 11.8 Å². The number of carbonyl (C=O) groups is 2. The van der Waals surface area contributed by atoms with Crippen LogP contribution < -0.4 is 5.32 Å². The van der Waals surface area contributed by atoms with Gasteiger partial charge >= 0.3 is 5.97 Å². The van der Waals surface area contributed by atoms with E-state index in [-0.39, 0.29) is 5.56 Å². The minimum absolute atomic E-state index is 0.165. The molecular formula is C10H10FNO3. The molecule has 5 heteroatoms. The number of hydrogen-bond donors (Lipinski definition) is 2. The molecule has 0 aliphatic rings. The van der Waals surface area contributed by atoms with Crippen LogP contribution in [0.3, 0.4) is 0 Å². The number of hydrogen-bond acceptors (Lipinski definition) is 3. The van der Waals surface area contributed by atoms with Crippen LogP contribution >= 0.6 is 0 Å². The fourth-order valence-electron chi connectivity index (χ4n) is 1.15. The molecule has 15 heavy (non-hydrogen) atoms. The van der Waals surface area contributed by atoms with Gasteiger partial charge in [-0.3, -0.25) is 9.59 Å². The van der Waals surface area contributed by atoms with E-state index in [2.05, 4.69) is 5.32 Å². The van der Waals surface area contributed by atoms with Crippen LogP contribution in [0, 0.1) is 5.82 Å². The second-order valence-corrected chi connectivity index (χ2v) is 2.93. The molecule has 0 bridgehead atoms. The highest BCUT2D eigenvalue weighted by Crippen LogP contribution is 2.06. The van der Waals surface area contributed by atoms with E-state index in [1.54, 1.807) is 0 Å². The monoisotopic (exact) mass is 211 g/mol. The van der Waals surface area contributed by atoms with Gasteiger partial charge in [0, 0.05) is 5.56 Å². The Morgan fingerprint density at radius 2 is 1.87 bits per heavy atom. The molecule has 0 aromatic heterocycles. The number of benzene rings is 1. The van der Waals surface area contributed by atoms with Gasteiger partial charge < -0.3 is 10.4 Å². The van der Waals surface area contributed by atoms with Crippen molar-refractivity contribution in [1.29, 1.82) is 0 Å². The van der Waals surface area contributed by atoms with E-state index in [4.69, 9.17) is 5.11 Å². The van der Waals surface area contributed by atoms with Crippen LogP contribution in [0.15, 0.2) is 24.3 Å². The molecule has 1 aromatic carbocycles. The van der Waals surface area contributed by atoms with Crippen LogP contribution in [0.5, 0.6) is 0 Å². The fourth-order valence-corrected chi connectivity index (χ4v) is 1.15. The number of halogens is 1. The van der Waals surface area contributed by atoms with Crippen molar-refractivity contribution in [3.8, 4) is 0 Å². The summed E-state index contributed by atoms with van der Waals surface area (Å²) in [4.78, 5) is 22.2. The van der Waals surface area contributed by atoms with Crippen molar-refractivity contribution in [3.63, 3.8) is 0 Å². The number of likely N-dealkylation sites (N-methyl/N-ethyl adjacent to an activating group) is 1. The second-order valence-electron chi connectivity index (χ2n) is 2.93. The number of rotatable bonds is 4. The van der Waals surface area contributed by atoms with E-state index in [0.717, 1.165) is 12.1 Å². The maximum atomic E-state index is 12.5. The lowest BCUT2D eigenvalue weighted by molar-refractivity contribution is -0.137. The molecule has 0 radical (unpaired) electrons. The maximum absolute atomic E-state index is 12.5. The van der Waals surface area contributed by atoms with Crippen molar-refractivity contribution in [3.05, 3.63) is 35.6 Å². The SMILES string of the molecule is CNC(C(=O)O)C(=O)c1ccc(F)cc1. The van der Waals surface area contributed by atoms with Crippen molar-refractivity contribution in [2.45, 2.75) is 6.04 Å². The molecule has 80 valence electrons. The van der Waals surface area contributed by atoms with Crippen molar-refractivity contribution in [1.82, 2.24) is 5.32 Å². The van der Waals surface area contributed by atoms with Crippen LogP contribution in [0.25, 0.3) is 0 Å². The predicted octanol–water partition coefficient (Wildman–Crippen LogP) is 0.681. The number of aliphatic carboxylic acids is 1. The molecule has 0 saturated carbocycles. The van der Waals surface area contributed by atoms with Crippen molar-refractivity contribution < 1.29 is 19.1 Å². The number of carbonyl (C=O) groups excluding carboxylic acids is 1. The number of Topliss-reactive ketones (excluding diaryl/α,β-unsaturated/α-hetero) is 1. The number of carboxylic acid groups (broad SMARTS) is 1. The first-order valence-electron chi connectivity index (χ1n) is 4.26. The smallest absolute Gasteiger partial charge is 0.328 e. The summed E-state index contributed by atoms with van der Waals surface area (Å²) in [7, 11) is 1.38. The number of carboxylic acids is 1. The first-order valence-corrected chi connectivity index (χ1v) is 4.26.